The van der Waals surface area contributed by atoms with Gasteiger partial charge in [0.05, 0.1) is 0 Å². The summed E-state index contributed by atoms with van der Waals surface area (Å²) in [6.45, 7) is 2.94. The molecule has 0 aromatic heterocycles. The molecule has 0 rings (SSSR count). The third kappa shape index (κ3) is 30.8. The lowest BCUT2D eigenvalue weighted by molar-refractivity contribution is 0.282. The van der Waals surface area contributed by atoms with Crippen LogP contribution < -0.4 is 0 Å². The second-order valence-electron chi connectivity index (χ2n) is 10.7. The fourth-order valence-corrected chi connectivity index (χ4v) is 4.66. The maximum Gasteiger partial charge on any atom is 0.0431 e. The van der Waals surface area contributed by atoms with E-state index in [4.69, 9.17) is 10.2 Å². The molecular weight excluding hydrogens is 464 g/mol. The summed E-state index contributed by atoms with van der Waals surface area (Å²) in [5.41, 5.74) is 1.61. The summed E-state index contributed by atoms with van der Waals surface area (Å²) in [6.07, 6.45) is 49.0. The molecule has 0 fully saturated rings. The second-order valence-corrected chi connectivity index (χ2v) is 10.7. The predicted octanol–water partition coefficient (Wildman–Crippen LogP) is 11.1. The molecule has 0 atom stereocenters. The first kappa shape index (κ1) is 36.6. The first-order chi connectivity index (χ1) is 18.8. The zero-order valence-corrected chi connectivity index (χ0v) is 25.3. The van der Waals surface area contributed by atoms with E-state index in [1.807, 2.05) is 0 Å². The quantitative estimate of drug-likeness (QED) is 0.0748. The van der Waals surface area contributed by atoms with Gasteiger partial charge in [-0.2, -0.15) is 0 Å². The van der Waals surface area contributed by atoms with Gasteiger partial charge in [-0.15, -0.1) is 0 Å². The number of aliphatic hydroxyl groups excluding tert-OH is 2. The monoisotopic (exact) mass is 528 g/mol. The fourth-order valence-electron chi connectivity index (χ4n) is 4.66. The van der Waals surface area contributed by atoms with Gasteiger partial charge in [0.1, 0.15) is 0 Å². The molecule has 0 radical (unpaired) electrons. The molecular formula is C36H64O2. The van der Waals surface area contributed by atoms with E-state index in [9.17, 15) is 0 Å². The highest BCUT2D eigenvalue weighted by Crippen LogP contribution is 2.16. The summed E-state index contributed by atoms with van der Waals surface area (Å²) in [6, 6.07) is 0. The highest BCUT2D eigenvalue weighted by molar-refractivity contribution is 5.08. The predicted molar refractivity (Wildman–Crippen MR) is 171 cm³/mol. The Kier molecular flexibility index (Phi) is 32.4. The highest BCUT2D eigenvalue weighted by atomic mass is 16.3. The van der Waals surface area contributed by atoms with Gasteiger partial charge >= 0.3 is 0 Å². The molecule has 0 saturated heterocycles. The van der Waals surface area contributed by atoms with E-state index < -0.39 is 0 Å². The molecule has 0 bridgehead atoms. The van der Waals surface area contributed by atoms with Gasteiger partial charge in [0.15, 0.2) is 0 Å². The van der Waals surface area contributed by atoms with Crippen molar-refractivity contribution in [3.8, 4) is 0 Å². The number of hydrogen-bond acceptors (Lipinski definition) is 2. The fraction of sp³-hybridized carbons (Fsp3) is 0.722. The molecule has 0 heterocycles. The zero-order chi connectivity index (χ0) is 27.6. The minimum Gasteiger partial charge on any atom is -0.396 e. The van der Waals surface area contributed by atoms with Crippen molar-refractivity contribution in [1.29, 1.82) is 0 Å². The Labute approximate surface area is 238 Å². The van der Waals surface area contributed by atoms with Gasteiger partial charge in [-0.1, -0.05) is 125 Å². The number of rotatable bonds is 29. The number of unbranched alkanes of at least 4 members (excludes halogenated alkanes) is 15. The van der Waals surface area contributed by atoms with Gasteiger partial charge in [-0.25, -0.2) is 0 Å². The Morgan fingerprint density at radius 1 is 0.447 bits per heavy atom. The standard InChI is InChI=1S/C36H64O2/c1-2-31-36(33-28-24-20-16-12-8-10-14-18-22-26-30-35-38)32-27-23-19-15-11-7-5-3-4-6-9-13-17-21-25-29-34-37/h3-4,7,11-12,16,24,28,31,37-38H,2,5-6,8-10,13-15,17-23,25-27,29-30,32-35H2,1H3. The van der Waals surface area contributed by atoms with Crippen molar-refractivity contribution >= 4 is 0 Å². The van der Waals surface area contributed by atoms with Gasteiger partial charge in [-0.05, 0) is 89.9 Å². The van der Waals surface area contributed by atoms with Crippen LogP contribution in [0.15, 0.2) is 60.3 Å². The normalized spacial score (nSPS) is 12.9. The summed E-state index contributed by atoms with van der Waals surface area (Å²) in [5.74, 6) is 0. The van der Waals surface area contributed by atoms with Crippen LogP contribution in [0.1, 0.15) is 155 Å². The summed E-state index contributed by atoms with van der Waals surface area (Å²) in [7, 11) is 0. The third-order valence-corrected chi connectivity index (χ3v) is 7.01. The second kappa shape index (κ2) is 33.6. The van der Waals surface area contributed by atoms with Crippen molar-refractivity contribution in [3.63, 3.8) is 0 Å². The largest absolute Gasteiger partial charge is 0.396 e. The van der Waals surface area contributed by atoms with Crippen LogP contribution in [-0.4, -0.2) is 23.4 Å². The van der Waals surface area contributed by atoms with Crippen LogP contribution in [0.3, 0.4) is 0 Å². The summed E-state index contributed by atoms with van der Waals surface area (Å²) < 4.78 is 0. The van der Waals surface area contributed by atoms with Crippen LogP contribution in [0.25, 0.3) is 0 Å². The lowest BCUT2D eigenvalue weighted by Crippen LogP contribution is -1.84. The van der Waals surface area contributed by atoms with Gasteiger partial charge in [-0.3, -0.25) is 0 Å². The van der Waals surface area contributed by atoms with Gasteiger partial charge in [0.2, 0.25) is 0 Å². The SMILES string of the molecule is CCC=C(CC=CCC=CCCCCCCCCO)CCCCCC=CCC=CCCCCCCCCO. The molecule has 2 nitrogen and oxygen atoms in total. The molecule has 2 heteroatoms. The van der Waals surface area contributed by atoms with Crippen molar-refractivity contribution in [2.24, 2.45) is 0 Å². The molecule has 220 valence electrons. The van der Waals surface area contributed by atoms with Gasteiger partial charge < -0.3 is 10.2 Å². The summed E-state index contributed by atoms with van der Waals surface area (Å²) >= 11 is 0. The van der Waals surface area contributed by atoms with Gasteiger partial charge in [0, 0.05) is 13.2 Å². The Bertz CT molecular complexity index is 596. The first-order valence-electron chi connectivity index (χ1n) is 16.3. The molecule has 38 heavy (non-hydrogen) atoms. The molecule has 0 aromatic rings. The average molecular weight is 529 g/mol. The maximum atomic E-state index is 8.79. The molecule has 0 amide bonds. The van der Waals surface area contributed by atoms with Gasteiger partial charge in [0.25, 0.3) is 0 Å². The summed E-state index contributed by atoms with van der Waals surface area (Å²) in [5, 5.41) is 17.6. The van der Waals surface area contributed by atoms with Crippen LogP contribution in [-0.2, 0) is 0 Å². The Balaban J connectivity index is 3.65. The molecule has 0 unspecified atom stereocenters. The summed E-state index contributed by atoms with van der Waals surface area (Å²) in [4.78, 5) is 0. The molecule has 0 aliphatic heterocycles. The van der Waals surface area contributed by atoms with Crippen molar-refractivity contribution in [1.82, 2.24) is 0 Å². The Morgan fingerprint density at radius 2 is 0.842 bits per heavy atom. The first-order valence-corrected chi connectivity index (χ1v) is 16.3. The van der Waals surface area contributed by atoms with Crippen molar-refractivity contribution in [2.45, 2.75) is 155 Å². The lowest BCUT2D eigenvalue weighted by atomic mass is 10.0. The van der Waals surface area contributed by atoms with Crippen molar-refractivity contribution in [2.75, 3.05) is 13.2 Å². The topological polar surface area (TPSA) is 40.5 Å². The molecule has 0 saturated carbocycles. The minimum atomic E-state index is 0.345. The molecule has 0 aliphatic carbocycles. The van der Waals surface area contributed by atoms with E-state index >= 15 is 0 Å². The van der Waals surface area contributed by atoms with Crippen LogP contribution in [0, 0.1) is 0 Å². The average Bonchev–Trinajstić information content (AvgIpc) is 2.92. The van der Waals surface area contributed by atoms with E-state index in [0.29, 0.717) is 13.2 Å². The number of allylic oxidation sites excluding steroid dienone is 10. The van der Waals surface area contributed by atoms with Crippen LogP contribution in [0.2, 0.25) is 0 Å². The molecule has 0 aliphatic rings. The van der Waals surface area contributed by atoms with E-state index in [0.717, 1.165) is 38.5 Å². The Hall–Kier alpha value is -1.38. The van der Waals surface area contributed by atoms with E-state index in [1.165, 1.54) is 109 Å². The van der Waals surface area contributed by atoms with E-state index in [-0.39, 0.29) is 0 Å². The van der Waals surface area contributed by atoms with Crippen LogP contribution in [0.5, 0.6) is 0 Å². The minimum absolute atomic E-state index is 0.345. The molecule has 0 spiro atoms. The zero-order valence-electron chi connectivity index (χ0n) is 25.3. The third-order valence-electron chi connectivity index (χ3n) is 7.01. The molecule has 2 N–H and O–H groups in total. The highest BCUT2D eigenvalue weighted by Gasteiger charge is 1.96. The van der Waals surface area contributed by atoms with E-state index in [2.05, 4.69) is 61.6 Å². The Morgan fingerprint density at radius 3 is 1.29 bits per heavy atom. The maximum absolute atomic E-state index is 8.79. The van der Waals surface area contributed by atoms with Crippen LogP contribution in [0.4, 0.5) is 0 Å². The molecule has 0 aromatic carbocycles. The van der Waals surface area contributed by atoms with E-state index in [1.54, 1.807) is 5.57 Å². The smallest absolute Gasteiger partial charge is 0.0431 e. The van der Waals surface area contributed by atoms with Crippen LogP contribution >= 0.6 is 0 Å². The lowest BCUT2D eigenvalue weighted by Gasteiger charge is -2.04. The number of hydrogen-bond donors (Lipinski definition) is 2. The van der Waals surface area contributed by atoms with Crippen molar-refractivity contribution in [3.05, 3.63) is 60.3 Å². The number of aliphatic hydroxyl groups is 2. The van der Waals surface area contributed by atoms with Crippen molar-refractivity contribution < 1.29 is 10.2 Å².